The quantitative estimate of drug-likeness (QED) is 0.844. The van der Waals surface area contributed by atoms with Crippen molar-refractivity contribution in [2.75, 3.05) is 10.6 Å². The van der Waals surface area contributed by atoms with Gasteiger partial charge in [-0.15, -0.1) is 11.3 Å². The minimum absolute atomic E-state index is 0.0268. The average molecular weight is 329 g/mol. The molecule has 0 unspecified atom stereocenters. The second-order valence-electron chi connectivity index (χ2n) is 5.68. The molecule has 23 heavy (non-hydrogen) atoms. The van der Waals surface area contributed by atoms with Gasteiger partial charge in [-0.2, -0.15) is 0 Å². The summed E-state index contributed by atoms with van der Waals surface area (Å²) in [6.45, 7) is 1.98. The first kappa shape index (κ1) is 15.7. The van der Waals surface area contributed by atoms with Gasteiger partial charge in [-0.1, -0.05) is 19.1 Å². The van der Waals surface area contributed by atoms with Crippen molar-refractivity contribution in [3.8, 4) is 11.3 Å². The summed E-state index contributed by atoms with van der Waals surface area (Å²) in [5, 5.41) is 8.28. The number of carbonyl (C=O) groups excluding carboxylic acids is 2. The molecule has 120 valence electrons. The normalized spacial score (nSPS) is 13.6. The molecule has 1 aromatic carbocycles. The summed E-state index contributed by atoms with van der Waals surface area (Å²) in [5.41, 5.74) is 2.57. The van der Waals surface area contributed by atoms with Crippen LogP contribution in [0.2, 0.25) is 0 Å². The van der Waals surface area contributed by atoms with Crippen LogP contribution in [0.3, 0.4) is 0 Å². The molecule has 5 nitrogen and oxygen atoms in total. The van der Waals surface area contributed by atoms with E-state index in [0.29, 0.717) is 11.6 Å². The van der Waals surface area contributed by atoms with Gasteiger partial charge in [-0.3, -0.25) is 9.59 Å². The molecule has 2 amide bonds. The van der Waals surface area contributed by atoms with Crippen molar-refractivity contribution >= 4 is 34.0 Å². The number of aromatic nitrogens is 1. The Morgan fingerprint density at radius 2 is 1.96 bits per heavy atom. The van der Waals surface area contributed by atoms with Gasteiger partial charge in [0.2, 0.25) is 11.8 Å². The lowest BCUT2D eigenvalue weighted by Crippen LogP contribution is -2.12. The molecule has 0 aliphatic heterocycles. The van der Waals surface area contributed by atoms with Crippen LogP contribution in [0.5, 0.6) is 0 Å². The highest BCUT2D eigenvalue weighted by Crippen LogP contribution is 2.31. The lowest BCUT2D eigenvalue weighted by molar-refractivity contribution is -0.117. The second kappa shape index (κ2) is 6.91. The number of hydrogen-bond acceptors (Lipinski definition) is 4. The minimum Gasteiger partial charge on any atom is -0.326 e. The van der Waals surface area contributed by atoms with Gasteiger partial charge in [0.15, 0.2) is 5.13 Å². The zero-order valence-electron chi connectivity index (χ0n) is 13.0. The van der Waals surface area contributed by atoms with Crippen LogP contribution in [0, 0.1) is 5.92 Å². The van der Waals surface area contributed by atoms with Crippen molar-refractivity contribution in [2.45, 2.75) is 32.6 Å². The van der Waals surface area contributed by atoms with Crippen LogP contribution in [0.1, 0.15) is 32.6 Å². The first-order valence-electron chi connectivity index (χ1n) is 7.82. The molecule has 6 heteroatoms. The maximum atomic E-state index is 11.7. The molecule has 2 aromatic rings. The topological polar surface area (TPSA) is 71.1 Å². The molecule has 1 aromatic heterocycles. The lowest BCUT2D eigenvalue weighted by atomic mass is 10.1. The maximum absolute atomic E-state index is 11.7. The first-order chi connectivity index (χ1) is 11.2. The molecule has 0 spiro atoms. The van der Waals surface area contributed by atoms with Crippen molar-refractivity contribution in [3.63, 3.8) is 0 Å². The predicted molar refractivity (Wildman–Crippen MR) is 92.4 cm³/mol. The Morgan fingerprint density at radius 1 is 1.22 bits per heavy atom. The molecular formula is C17H19N3O2S. The monoisotopic (exact) mass is 329 g/mol. The Morgan fingerprint density at radius 3 is 2.61 bits per heavy atom. The van der Waals surface area contributed by atoms with Crippen molar-refractivity contribution in [1.29, 1.82) is 0 Å². The summed E-state index contributed by atoms with van der Waals surface area (Å²) >= 11 is 1.43. The Hall–Kier alpha value is -2.21. The summed E-state index contributed by atoms with van der Waals surface area (Å²) in [6.07, 6.45) is 3.32. The van der Waals surface area contributed by atoms with Gasteiger partial charge in [0, 0.05) is 29.0 Å². The van der Waals surface area contributed by atoms with E-state index in [0.717, 1.165) is 36.2 Å². The Bertz CT molecular complexity index is 705. The zero-order valence-corrected chi connectivity index (χ0v) is 13.8. The summed E-state index contributed by atoms with van der Waals surface area (Å²) in [7, 11) is 0. The van der Waals surface area contributed by atoms with Crippen molar-refractivity contribution in [3.05, 3.63) is 29.6 Å². The number of thiazole rings is 1. The minimum atomic E-state index is 0.0268. The van der Waals surface area contributed by atoms with Crippen LogP contribution in [0.15, 0.2) is 29.6 Å². The van der Waals surface area contributed by atoms with Gasteiger partial charge in [0.05, 0.1) is 5.69 Å². The number of rotatable bonds is 6. The summed E-state index contributed by atoms with van der Waals surface area (Å²) in [5.74, 6) is 0.271. The number of nitrogens with zero attached hydrogens (tertiary/aromatic N) is 1. The van der Waals surface area contributed by atoms with Crippen molar-refractivity contribution < 1.29 is 9.59 Å². The third kappa shape index (κ3) is 4.16. The molecule has 1 heterocycles. The molecule has 1 aliphatic carbocycles. The summed E-state index contributed by atoms with van der Waals surface area (Å²) in [4.78, 5) is 27.8. The van der Waals surface area contributed by atoms with E-state index in [-0.39, 0.29) is 17.7 Å². The van der Waals surface area contributed by atoms with E-state index in [9.17, 15) is 9.59 Å². The molecule has 3 rings (SSSR count). The van der Waals surface area contributed by atoms with Crippen molar-refractivity contribution in [1.82, 2.24) is 4.98 Å². The number of hydrogen-bond donors (Lipinski definition) is 2. The van der Waals surface area contributed by atoms with E-state index in [2.05, 4.69) is 15.6 Å². The molecule has 0 radical (unpaired) electrons. The van der Waals surface area contributed by atoms with E-state index >= 15 is 0 Å². The number of nitrogens with one attached hydrogen (secondary N) is 2. The van der Waals surface area contributed by atoms with Crippen LogP contribution >= 0.6 is 11.3 Å². The number of carbonyl (C=O) groups is 2. The molecule has 0 bridgehead atoms. The number of benzene rings is 1. The van der Waals surface area contributed by atoms with Crippen molar-refractivity contribution in [2.24, 2.45) is 5.92 Å². The Balaban J connectivity index is 1.63. The van der Waals surface area contributed by atoms with Gasteiger partial charge in [0.25, 0.3) is 0 Å². The third-order valence-corrected chi connectivity index (χ3v) is 4.38. The first-order valence-corrected chi connectivity index (χ1v) is 8.70. The van der Waals surface area contributed by atoms with E-state index in [1.807, 2.05) is 36.6 Å². The van der Waals surface area contributed by atoms with Crippen LogP contribution in [-0.4, -0.2) is 16.8 Å². The summed E-state index contributed by atoms with van der Waals surface area (Å²) in [6, 6.07) is 7.57. The smallest absolute Gasteiger partial charge is 0.229 e. The maximum Gasteiger partial charge on any atom is 0.229 e. The van der Waals surface area contributed by atoms with E-state index in [1.165, 1.54) is 11.3 Å². The molecule has 0 saturated heterocycles. The average Bonchev–Trinajstić information content (AvgIpc) is 3.29. The zero-order chi connectivity index (χ0) is 16.2. The Labute approximate surface area is 139 Å². The molecule has 2 N–H and O–H groups in total. The van der Waals surface area contributed by atoms with Gasteiger partial charge in [-0.25, -0.2) is 4.98 Å². The Kier molecular flexibility index (Phi) is 4.71. The SMILES string of the molecule is CCCC(=O)Nc1ccc(-c2csc(NC(=O)C3CC3)n2)cc1. The van der Waals surface area contributed by atoms with Crippen LogP contribution in [0.25, 0.3) is 11.3 Å². The molecule has 1 aliphatic rings. The van der Waals surface area contributed by atoms with Crippen LogP contribution < -0.4 is 10.6 Å². The fourth-order valence-corrected chi connectivity index (χ4v) is 2.91. The molecule has 0 atom stereocenters. The van der Waals surface area contributed by atoms with Crippen LogP contribution in [-0.2, 0) is 9.59 Å². The summed E-state index contributed by atoms with van der Waals surface area (Å²) < 4.78 is 0. The largest absolute Gasteiger partial charge is 0.326 e. The number of amides is 2. The molecule has 1 fully saturated rings. The van der Waals surface area contributed by atoms with Gasteiger partial charge < -0.3 is 10.6 Å². The fourth-order valence-electron chi connectivity index (χ4n) is 2.19. The van der Waals surface area contributed by atoms with Gasteiger partial charge in [-0.05, 0) is 31.4 Å². The highest BCUT2D eigenvalue weighted by atomic mass is 32.1. The van der Waals surface area contributed by atoms with E-state index in [4.69, 9.17) is 0 Å². The highest BCUT2D eigenvalue weighted by molar-refractivity contribution is 7.14. The standard InChI is InChI=1S/C17H19N3O2S/c1-2-3-15(21)18-13-8-6-11(7-9-13)14-10-23-17(19-14)20-16(22)12-4-5-12/h6-10,12H,2-5H2,1H3,(H,18,21)(H,19,20,22). The highest BCUT2D eigenvalue weighted by Gasteiger charge is 2.30. The predicted octanol–water partition coefficient (Wildman–Crippen LogP) is 3.90. The second-order valence-corrected chi connectivity index (χ2v) is 6.54. The van der Waals surface area contributed by atoms with Crippen LogP contribution in [0.4, 0.5) is 10.8 Å². The lowest BCUT2D eigenvalue weighted by Gasteiger charge is -2.05. The number of anilines is 2. The fraction of sp³-hybridized carbons (Fsp3) is 0.353. The van der Waals surface area contributed by atoms with Gasteiger partial charge in [0.1, 0.15) is 0 Å². The van der Waals surface area contributed by atoms with E-state index in [1.54, 1.807) is 0 Å². The molecular weight excluding hydrogens is 310 g/mol. The third-order valence-electron chi connectivity index (χ3n) is 3.62. The molecule has 1 saturated carbocycles. The van der Waals surface area contributed by atoms with Gasteiger partial charge >= 0.3 is 0 Å². The van der Waals surface area contributed by atoms with E-state index < -0.39 is 0 Å².